The number of benzene rings is 3. The van der Waals surface area contributed by atoms with Gasteiger partial charge in [-0.15, -0.1) is 0 Å². The number of carboxylic acid groups (broad SMARTS) is 1. The van der Waals surface area contributed by atoms with Crippen LogP contribution < -0.4 is 21.7 Å². The lowest BCUT2D eigenvalue weighted by Gasteiger charge is -2.30. The number of amides is 4. The summed E-state index contributed by atoms with van der Waals surface area (Å²) >= 11 is 0. The maximum absolute atomic E-state index is 13.9. The van der Waals surface area contributed by atoms with Gasteiger partial charge in [0.1, 0.15) is 29.9 Å². The molecule has 0 aliphatic carbocycles. The van der Waals surface area contributed by atoms with E-state index in [4.69, 9.17) is 5.73 Å². The third-order valence-corrected chi connectivity index (χ3v) is 8.66. The summed E-state index contributed by atoms with van der Waals surface area (Å²) in [6.45, 7) is -0.0888. The number of nitrogens with two attached hydrogens (primary N) is 1. The first kappa shape index (κ1) is 34.6. The molecule has 1 aliphatic heterocycles. The van der Waals surface area contributed by atoms with Gasteiger partial charge in [0.05, 0.1) is 6.54 Å². The number of fused-ring (bicyclic) bond motifs is 1. The van der Waals surface area contributed by atoms with Gasteiger partial charge < -0.3 is 41.8 Å². The summed E-state index contributed by atoms with van der Waals surface area (Å²) in [5, 5.41) is 28.6. The number of carbonyl (C=O) groups excluding carboxylic acids is 4. The van der Waals surface area contributed by atoms with Crippen LogP contribution in [0.1, 0.15) is 29.5 Å². The Morgan fingerprint density at radius 2 is 1.49 bits per heavy atom. The highest BCUT2D eigenvalue weighted by atomic mass is 16.4. The summed E-state index contributed by atoms with van der Waals surface area (Å²) < 4.78 is 0. The molecule has 0 bridgehead atoms. The first-order valence-corrected chi connectivity index (χ1v) is 16.1. The number of hydrogen-bond donors (Lipinski definition) is 7. The Bertz CT molecular complexity index is 1790. The number of aromatic nitrogens is 1. The number of para-hydroxylation sites is 1. The molecule has 4 amide bonds. The van der Waals surface area contributed by atoms with E-state index < -0.39 is 53.8 Å². The van der Waals surface area contributed by atoms with Crippen molar-refractivity contribution in [2.24, 2.45) is 5.73 Å². The molecule has 256 valence electrons. The number of phenols is 1. The minimum Gasteiger partial charge on any atom is -0.508 e. The summed E-state index contributed by atoms with van der Waals surface area (Å²) in [6.07, 6.45) is 2.77. The highest BCUT2D eigenvalue weighted by Crippen LogP contribution is 2.23. The minimum absolute atomic E-state index is 0.0392. The zero-order valence-electron chi connectivity index (χ0n) is 26.8. The lowest BCUT2D eigenvalue weighted by Crippen LogP contribution is -2.58. The van der Waals surface area contributed by atoms with Crippen LogP contribution in [0.4, 0.5) is 0 Å². The smallest absolute Gasteiger partial charge is 0.326 e. The van der Waals surface area contributed by atoms with E-state index in [1.807, 2.05) is 30.3 Å². The maximum atomic E-state index is 13.9. The first-order valence-electron chi connectivity index (χ1n) is 16.1. The number of aromatic amines is 1. The number of H-pyrrole nitrogens is 1. The molecule has 4 atom stereocenters. The second-order valence-corrected chi connectivity index (χ2v) is 12.1. The second-order valence-electron chi connectivity index (χ2n) is 12.1. The molecule has 1 fully saturated rings. The highest BCUT2D eigenvalue weighted by Gasteiger charge is 2.39. The van der Waals surface area contributed by atoms with E-state index >= 15 is 0 Å². The molecule has 0 spiro atoms. The van der Waals surface area contributed by atoms with Gasteiger partial charge in [0.15, 0.2) is 0 Å². The number of phenolic OH excluding ortho intramolecular Hbond substituents is 1. The van der Waals surface area contributed by atoms with E-state index in [1.54, 1.807) is 42.6 Å². The van der Waals surface area contributed by atoms with Crippen molar-refractivity contribution in [1.82, 2.24) is 25.8 Å². The molecule has 8 N–H and O–H groups in total. The molecule has 2 heterocycles. The van der Waals surface area contributed by atoms with E-state index in [0.717, 1.165) is 22.0 Å². The van der Waals surface area contributed by atoms with Crippen molar-refractivity contribution in [1.29, 1.82) is 0 Å². The van der Waals surface area contributed by atoms with Crippen molar-refractivity contribution in [2.45, 2.75) is 56.3 Å². The average molecular weight is 669 g/mol. The molecule has 0 saturated carbocycles. The zero-order valence-corrected chi connectivity index (χ0v) is 26.8. The van der Waals surface area contributed by atoms with Gasteiger partial charge in [-0.1, -0.05) is 60.7 Å². The predicted octanol–water partition coefficient (Wildman–Crippen LogP) is 1.39. The second kappa shape index (κ2) is 15.9. The Labute approximate surface area is 282 Å². The fourth-order valence-electron chi connectivity index (χ4n) is 6.14. The van der Waals surface area contributed by atoms with Gasteiger partial charge in [-0.25, -0.2) is 4.79 Å². The Morgan fingerprint density at radius 3 is 2.20 bits per heavy atom. The number of aliphatic carboxylic acids is 1. The summed E-state index contributed by atoms with van der Waals surface area (Å²) in [4.78, 5) is 70.7. The highest BCUT2D eigenvalue weighted by molar-refractivity contribution is 5.96. The van der Waals surface area contributed by atoms with Gasteiger partial charge in [-0.05, 0) is 47.7 Å². The van der Waals surface area contributed by atoms with Gasteiger partial charge in [0.2, 0.25) is 23.6 Å². The van der Waals surface area contributed by atoms with Crippen molar-refractivity contribution in [3.05, 3.63) is 102 Å². The van der Waals surface area contributed by atoms with Crippen LogP contribution in [0.25, 0.3) is 10.9 Å². The molecular weight excluding hydrogens is 628 g/mol. The lowest BCUT2D eigenvalue weighted by molar-refractivity contribution is -0.143. The van der Waals surface area contributed by atoms with Crippen LogP contribution in [-0.2, 0) is 43.2 Å². The van der Waals surface area contributed by atoms with Crippen LogP contribution in [0.15, 0.2) is 85.1 Å². The largest absolute Gasteiger partial charge is 0.508 e. The molecule has 13 nitrogen and oxygen atoms in total. The molecule has 3 aromatic carbocycles. The van der Waals surface area contributed by atoms with Crippen LogP contribution in [0.5, 0.6) is 5.75 Å². The van der Waals surface area contributed by atoms with Crippen LogP contribution >= 0.6 is 0 Å². The molecule has 5 rings (SSSR count). The molecule has 1 saturated heterocycles. The first-order chi connectivity index (χ1) is 23.6. The van der Waals surface area contributed by atoms with Crippen molar-refractivity contribution in [3.8, 4) is 5.75 Å². The van der Waals surface area contributed by atoms with E-state index in [1.165, 1.54) is 17.0 Å². The van der Waals surface area contributed by atoms with Crippen LogP contribution in [0, 0.1) is 0 Å². The van der Waals surface area contributed by atoms with Gasteiger partial charge in [-0.2, -0.15) is 0 Å². The number of rotatable bonds is 14. The molecule has 1 aliphatic rings. The minimum atomic E-state index is -1.26. The Kier molecular flexibility index (Phi) is 11.3. The topological polar surface area (TPSA) is 207 Å². The van der Waals surface area contributed by atoms with Gasteiger partial charge in [-0.3, -0.25) is 19.2 Å². The molecule has 13 heteroatoms. The molecule has 1 aromatic heterocycles. The number of carboxylic acids is 1. The molecular formula is C36H40N6O7. The Morgan fingerprint density at radius 1 is 0.816 bits per heavy atom. The van der Waals surface area contributed by atoms with E-state index in [9.17, 15) is 34.2 Å². The fraction of sp³-hybridized carbons (Fsp3) is 0.306. The maximum Gasteiger partial charge on any atom is 0.326 e. The SMILES string of the molecule is NCC(=O)N[C@H](Cc1ccc(O)cc1)C(=O)N1CCC[C@@H]1C(=O)N[C@@H](Cc1c[nH]c2ccccc12)C(=O)N[C@H](Cc1ccccc1)C(=O)O. The molecule has 0 unspecified atom stereocenters. The number of nitrogens with zero attached hydrogens (tertiary/aromatic N) is 1. The van der Waals surface area contributed by atoms with Crippen molar-refractivity contribution in [2.75, 3.05) is 13.1 Å². The number of likely N-dealkylation sites (tertiary alicyclic amines) is 1. The Hall–Kier alpha value is -5.69. The van der Waals surface area contributed by atoms with Crippen LogP contribution in [-0.4, -0.2) is 87.0 Å². The normalized spacial score (nSPS) is 16.0. The number of nitrogens with one attached hydrogen (secondary N) is 4. The predicted molar refractivity (Wildman–Crippen MR) is 181 cm³/mol. The van der Waals surface area contributed by atoms with E-state index in [-0.39, 0.29) is 38.1 Å². The number of hydrogen-bond acceptors (Lipinski definition) is 7. The fourth-order valence-corrected chi connectivity index (χ4v) is 6.14. The van der Waals surface area contributed by atoms with Crippen molar-refractivity contribution >= 4 is 40.5 Å². The van der Waals surface area contributed by atoms with Crippen molar-refractivity contribution in [3.63, 3.8) is 0 Å². The lowest BCUT2D eigenvalue weighted by atomic mass is 10.0. The van der Waals surface area contributed by atoms with Gasteiger partial charge in [0, 0.05) is 42.9 Å². The zero-order chi connectivity index (χ0) is 34.9. The Balaban J connectivity index is 1.37. The van der Waals surface area contributed by atoms with Gasteiger partial charge in [0.25, 0.3) is 0 Å². The van der Waals surface area contributed by atoms with E-state index in [0.29, 0.717) is 18.4 Å². The summed E-state index contributed by atoms with van der Waals surface area (Å²) in [5.74, 6) is -3.46. The standard InChI is InChI=1S/C36H40N6O7/c37-20-32(44)39-29(17-23-12-14-25(43)15-13-23)35(47)42-16-6-11-31(42)34(46)40-28(19-24-21-38-27-10-5-4-9-26(24)27)33(45)41-30(36(48)49)18-22-7-2-1-3-8-22/h1-5,7-10,12-15,21,28-31,38,43H,6,11,16-20,37H2,(H,39,44)(H,40,46)(H,41,45)(H,48,49)/t28-,29+,30+,31+/m0/s1. The average Bonchev–Trinajstić information content (AvgIpc) is 3.76. The van der Waals surface area contributed by atoms with E-state index in [2.05, 4.69) is 20.9 Å². The number of aromatic hydroxyl groups is 1. The third-order valence-electron chi connectivity index (χ3n) is 8.66. The van der Waals surface area contributed by atoms with Crippen LogP contribution in [0.2, 0.25) is 0 Å². The summed E-state index contributed by atoms with van der Waals surface area (Å²) in [7, 11) is 0. The monoisotopic (exact) mass is 668 g/mol. The van der Waals surface area contributed by atoms with Crippen LogP contribution in [0.3, 0.4) is 0 Å². The number of carbonyl (C=O) groups is 5. The van der Waals surface area contributed by atoms with Crippen molar-refractivity contribution < 1.29 is 34.2 Å². The molecule has 4 aromatic rings. The van der Waals surface area contributed by atoms with Gasteiger partial charge >= 0.3 is 5.97 Å². The summed E-state index contributed by atoms with van der Waals surface area (Å²) in [5.41, 5.74) is 8.49. The third kappa shape index (κ3) is 8.82. The molecule has 49 heavy (non-hydrogen) atoms. The molecule has 0 radical (unpaired) electrons. The quantitative estimate of drug-likeness (QED) is 0.104. The summed E-state index contributed by atoms with van der Waals surface area (Å²) in [6, 6.07) is 18.2.